The van der Waals surface area contributed by atoms with Crippen LogP contribution in [0, 0.1) is 11.3 Å². The minimum Gasteiger partial charge on any atom is -0.192 e. The summed E-state index contributed by atoms with van der Waals surface area (Å²) < 4.78 is 0. The van der Waals surface area contributed by atoms with E-state index in [0.29, 0.717) is 5.56 Å². The first-order valence-electron chi connectivity index (χ1n) is 2.52. The SMILES string of the molecule is N#Cc1ccc(S)cc1.[Zn]. The largest absolute Gasteiger partial charge is 0.192 e. The zero-order valence-electron chi connectivity index (χ0n) is 5.41. The van der Waals surface area contributed by atoms with Gasteiger partial charge in [-0.3, -0.25) is 0 Å². The van der Waals surface area contributed by atoms with Crippen molar-refractivity contribution < 1.29 is 19.5 Å². The molecule has 0 aromatic heterocycles. The van der Waals surface area contributed by atoms with E-state index >= 15 is 0 Å². The Morgan fingerprint density at radius 3 is 2.10 bits per heavy atom. The van der Waals surface area contributed by atoms with Crippen LogP contribution < -0.4 is 0 Å². The van der Waals surface area contributed by atoms with E-state index in [9.17, 15) is 0 Å². The number of thiol groups is 1. The summed E-state index contributed by atoms with van der Waals surface area (Å²) in [4.78, 5) is 0.883. The van der Waals surface area contributed by atoms with E-state index in [-0.39, 0.29) is 19.5 Å². The summed E-state index contributed by atoms with van der Waals surface area (Å²) in [6, 6.07) is 9.08. The van der Waals surface area contributed by atoms with Crippen molar-refractivity contribution in [2.45, 2.75) is 4.90 Å². The second-order valence-corrected chi connectivity index (χ2v) is 2.18. The van der Waals surface area contributed by atoms with Gasteiger partial charge in [-0.15, -0.1) is 12.6 Å². The zero-order chi connectivity index (χ0) is 6.69. The Morgan fingerprint density at radius 1 is 1.20 bits per heavy atom. The number of rotatable bonds is 0. The molecule has 3 heteroatoms. The molecular formula is C7H5NSZn. The second kappa shape index (κ2) is 4.49. The molecular weight excluding hydrogens is 196 g/mol. The third kappa shape index (κ3) is 2.51. The van der Waals surface area contributed by atoms with Crippen LogP contribution in [0.2, 0.25) is 0 Å². The van der Waals surface area contributed by atoms with E-state index in [1.807, 2.05) is 6.07 Å². The third-order valence-corrected chi connectivity index (χ3v) is 1.29. The normalized spacial score (nSPS) is 7.60. The Bertz CT molecular complexity index is 237. The number of nitrogens with zero attached hydrogens (tertiary/aromatic N) is 1. The van der Waals surface area contributed by atoms with Crippen molar-refractivity contribution in [2.24, 2.45) is 0 Å². The molecule has 0 heterocycles. The van der Waals surface area contributed by atoms with Gasteiger partial charge in [0.05, 0.1) is 11.6 Å². The molecule has 0 saturated carbocycles. The first kappa shape index (κ1) is 9.68. The Labute approximate surface area is 78.2 Å². The summed E-state index contributed by atoms with van der Waals surface area (Å²) in [6.07, 6.45) is 0. The molecule has 0 amide bonds. The van der Waals surface area contributed by atoms with E-state index in [4.69, 9.17) is 5.26 Å². The molecule has 0 bridgehead atoms. The predicted molar refractivity (Wildman–Crippen MR) is 38.4 cm³/mol. The molecule has 10 heavy (non-hydrogen) atoms. The molecule has 0 unspecified atom stereocenters. The van der Waals surface area contributed by atoms with Crippen LogP contribution in [0.3, 0.4) is 0 Å². The molecule has 0 aliphatic heterocycles. The molecule has 1 rings (SSSR count). The van der Waals surface area contributed by atoms with Crippen LogP contribution in [0.25, 0.3) is 0 Å². The molecule has 1 aromatic rings. The van der Waals surface area contributed by atoms with Crippen molar-refractivity contribution in [1.29, 1.82) is 5.26 Å². The van der Waals surface area contributed by atoms with E-state index in [1.165, 1.54) is 0 Å². The Balaban J connectivity index is 0.000000810. The predicted octanol–water partition coefficient (Wildman–Crippen LogP) is 1.84. The average Bonchev–Trinajstić information content (AvgIpc) is 1.90. The fourth-order valence-electron chi connectivity index (χ4n) is 0.536. The van der Waals surface area contributed by atoms with Gasteiger partial charge in [-0.2, -0.15) is 5.26 Å². The van der Waals surface area contributed by atoms with Gasteiger partial charge < -0.3 is 0 Å². The van der Waals surface area contributed by atoms with E-state index in [0.717, 1.165) is 4.90 Å². The fourth-order valence-corrected chi connectivity index (χ4v) is 0.685. The van der Waals surface area contributed by atoms with Crippen molar-refractivity contribution in [3.05, 3.63) is 29.8 Å². The minimum absolute atomic E-state index is 0. The number of hydrogen-bond donors (Lipinski definition) is 1. The first-order valence-corrected chi connectivity index (χ1v) is 2.97. The molecule has 0 atom stereocenters. The maximum atomic E-state index is 8.35. The number of hydrogen-bond acceptors (Lipinski definition) is 2. The standard InChI is InChI=1S/C7H5NS.Zn/c8-5-6-1-3-7(9)4-2-6;/h1-4,9H;. The van der Waals surface area contributed by atoms with Crippen molar-refractivity contribution in [1.82, 2.24) is 0 Å². The van der Waals surface area contributed by atoms with Crippen LogP contribution in [0.5, 0.6) is 0 Å². The molecule has 0 spiro atoms. The first-order chi connectivity index (χ1) is 4.33. The number of nitriles is 1. The van der Waals surface area contributed by atoms with Gasteiger partial charge in [-0.05, 0) is 24.3 Å². The summed E-state index contributed by atoms with van der Waals surface area (Å²) in [5.74, 6) is 0. The Morgan fingerprint density at radius 2 is 1.70 bits per heavy atom. The van der Waals surface area contributed by atoms with Gasteiger partial charge >= 0.3 is 0 Å². The average molecular weight is 201 g/mol. The molecule has 0 N–H and O–H groups in total. The smallest absolute Gasteiger partial charge is 0.0991 e. The van der Waals surface area contributed by atoms with Crippen molar-refractivity contribution in [3.8, 4) is 6.07 Å². The summed E-state index contributed by atoms with van der Waals surface area (Å²) in [6.45, 7) is 0. The Kier molecular flexibility index (Phi) is 4.35. The van der Waals surface area contributed by atoms with E-state index in [1.54, 1.807) is 24.3 Å². The van der Waals surface area contributed by atoms with Gasteiger partial charge in [0.25, 0.3) is 0 Å². The summed E-state index contributed by atoms with van der Waals surface area (Å²) in [5, 5.41) is 8.35. The topological polar surface area (TPSA) is 23.8 Å². The van der Waals surface area contributed by atoms with Crippen LogP contribution in [0.1, 0.15) is 5.56 Å². The maximum absolute atomic E-state index is 8.35. The molecule has 1 aromatic carbocycles. The summed E-state index contributed by atoms with van der Waals surface area (Å²) >= 11 is 4.06. The molecule has 0 radical (unpaired) electrons. The monoisotopic (exact) mass is 199 g/mol. The van der Waals surface area contributed by atoms with Crippen LogP contribution in [0.4, 0.5) is 0 Å². The van der Waals surface area contributed by atoms with Gasteiger partial charge in [0, 0.05) is 24.4 Å². The summed E-state index contributed by atoms with van der Waals surface area (Å²) in [7, 11) is 0. The molecule has 0 aliphatic carbocycles. The fraction of sp³-hybridized carbons (Fsp3) is 0. The molecule has 0 aliphatic rings. The van der Waals surface area contributed by atoms with Crippen molar-refractivity contribution >= 4 is 12.6 Å². The molecule has 0 saturated heterocycles. The third-order valence-electron chi connectivity index (χ3n) is 0.996. The molecule has 1 nitrogen and oxygen atoms in total. The quantitative estimate of drug-likeness (QED) is 0.502. The van der Waals surface area contributed by atoms with Crippen LogP contribution in [0.15, 0.2) is 29.2 Å². The molecule has 46 valence electrons. The number of benzene rings is 1. The van der Waals surface area contributed by atoms with Gasteiger partial charge in [-0.1, -0.05) is 0 Å². The van der Waals surface area contributed by atoms with Crippen LogP contribution >= 0.6 is 12.6 Å². The van der Waals surface area contributed by atoms with Crippen LogP contribution in [-0.2, 0) is 19.5 Å². The van der Waals surface area contributed by atoms with Gasteiger partial charge in [0.2, 0.25) is 0 Å². The van der Waals surface area contributed by atoms with Gasteiger partial charge in [0.1, 0.15) is 0 Å². The minimum atomic E-state index is 0. The van der Waals surface area contributed by atoms with Crippen LogP contribution in [-0.4, -0.2) is 0 Å². The maximum Gasteiger partial charge on any atom is 0.0991 e. The van der Waals surface area contributed by atoms with Gasteiger partial charge in [0.15, 0.2) is 0 Å². The van der Waals surface area contributed by atoms with Crippen molar-refractivity contribution in [2.75, 3.05) is 0 Å². The zero-order valence-corrected chi connectivity index (χ0v) is 9.27. The van der Waals surface area contributed by atoms with Gasteiger partial charge in [-0.25, -0.2) is 0 Å². The van der Waals surface area contributed by atoms with Crippen molar-refractivity contribution in [3.63, 3.8) is 0 Å². The van der Waals surface area contributed by atoms with E-state index in [2.05, 4.69) is 12.6 Å². The second-order valence-electron chi connectivity index (χ2n) is 1.66. The molecule has 0 fully saturated rings. The van der Waals surface area contributed by atoms with E-state index < -0.39 is 0 Å². The summed E-state index contributed by atoms with van der Waals surface area (Å²) in [5.41, 5.74) is 0.674. The Hall–Kier alpha value is -0.317.